The van der Waals surface area contributed by atoms with Gasteiger partial charge in [0.05, 0.1) is 13.7 Å². The van der Waals surface area contributed by atoms with Crippen molar-refractivity contribution in [3.63, 3.8) is 0 Å². The fraction of sp³-hybridized carbons (Fsp3) is 0.619. The number of anilines is 1. The van der Waals surface area contributed by atoms with Crippen LogP contribution in [-0.2, 0) is 9.59 Å². The number of amides is 2. The summed E-state index contributed by atoms with van der Waals surface area (Å²) in [5, 5.41) is 2.97. The van der Waals surface area contributed by atoms with Gasteiger partial charge in [0.1, 0.15) is 5.75 Å². The van der Waals surface area contributed by atoms with Gasteiger partial charge in [0.25, 0.3) is 11.8 Å². The molecule has 2 N–H and O–H groups in total. The van der Waals surface area contributed by atoms with Crippen LogP contribution in [0.15, 0.2) is 24.3 Å². The van der Waals surface area contributed by atoms with E-state index < -0.39 is 0 Å². The van der Waals surface area contributed by atoms with Gasteiger partial charge in [-0.2, -0.15) is 0 Å². The van der Waals surface area contributed by atoms with E-state index in [1.807, 2.05) is 56.9 Å². The maximum Gasteiger partial charge on any atom is 0.277 e. The number of methoxy groups -OCH3 is 1. The van der Waals surface area contributed by atoms with Crippen molar-refractivity contribution < 1.29 is 19.2 Å². The van der Waals surface area contributed by atoms with E-state index in [4.69, 9.17) is 4.74 Å². The largest absolute Gasteiger partial charge is 0.497 e. The van der Waals surface area contributed by atoms with Gasteiger partial charge < -0.3 is 24.8 Å². The second kappa shape index (κ2) is 9.78. The van der Waals surface area contributed by atoms with Crippen LogP contribution in [0.2, 0.25) is 0 Å². The van der Waals surface area contributed by atoms with Crippen LogP contribution in [0, 0.1) is 0 Å². The SMILES string of the molecule is CC[NH+](CC(=O)NC(C)(C)C)CC(=O)N1CCN(c2ccc(OC)cc2)CC1. The van der Waals surface area contributed by atoms with Crippen LogP contribution < -0.4 is 19.9 Å². The van der Waals surface area contributed by atoms with Crippen LogP contribution in [0.5, 0.6) is 5.75 Å². The number of carbonyl (C=O) groups is 2. The molecule has 1 aromatic rings. The first-order valence-corrected chi connectivity index (χ1v) is 10.0. The lowest BCUT2D eigenvalue weighted by atomic mass is 10.1. The zero-order valence-electron chi connectivity index (χ0n) is 17.9. The molecule has 1 aromatic carbocycles. The van der Waals surface area contributed by atoms with Gasteiger partial charge >= 0.3 is 0 Å². The standard InChI is InChI=1S/C21H34N4O3/c1-6-23(15-19(26)22-21(2,3)4)16-20(27)25-13-11-24(12-14-25)17-7-9-18(28-5)10-8-17/h7-10H,6,11-16H2,1-5H3,(H,22,26)/p+1. The Morgan fingerprint density at radius 2 is 1.68 bits per heavy atom. The molecule has 0 radical (unpaired) electrons. The number of nitrogens with zero attached hydrogens (tertiary/aromatic N) is 2. The fourth-order valence-corrected chi connectivity index (χ4v) is 3.33. The fourth-order valence-electron chi connectivity index (χ4n) is 3.33. The third-order valence-corrected chi connectivity index (χ3v) is 4.90. The number of carbonyl (C=O) groups excluding carboxylic acids is 2. The summed E-state index contributed by atoms with van der Waals surface area (Å²) in [7, 11) is 1.66. The van der Waals surface area contributed by atoms with Crippen molar-refractivity contribution in [3.05, 3.63) is 24.3 Å². The molecule has 0 aliphatic carbocycles. The highest BCUT2D eigenvalue weighted by molar-refractivity contribution is 5.79. The first-order valence-electron chi connectivity index (χ1n) is 10.0. The Morgan fingerprint density at radius 3 is 2.18 bits per heavy atom. The number of benzene rings is 1. The van der Waals surface area contributed by atoms with Crippen LogP contribution in [0.25, 0.3) is 0 Å². The summed E-state index contributed by atoms with van der Waals surface area (Å²) < 4.78 is 5.20. The molecule has 1 fully saturated rings. The summed E-state index contributed by atoms with van der Waals surface area (Å²) in [6, 6.07) is 8.01. The minimum absolute atomic E-state index is 0.0125. The molecule has 1 heterocycles. The molecule has 1 aliphatic heterocycles. The summed E-state index contributed by atoms with van der Waals surface area (Å²) in [5.74, 6) is 0.951. The van der Waals surface area contributed by atoms with Crippen LogP contribution in [0.1, 0.15) is 27.7 Å². The summed E-state index contributed by atoms with van der Waals surface area (Å²) in [6.07, 6.45) is 0. The number of likely N-dealkylation sites (N-methyl/N-ethyl adjacent to an activating group) is 1. The topological polar surface area (TPSA) is 66.3 Å². The van der Waals surface area contributed by atoms with Gasteiger partial charge in [0.15, 0.2) is 13.1 Å². The maximum absolute atomic E-state index is 12.7. The van der Waals surface area contributed by atoms with E-state index in [1.165, 1.54) is 0 Å². The normalized spacial score (nSPS) is 15.9. The minimum Gasteiger partial charge on any atom is -0.497 e. The Bertz CT molecular complexity index is 647. The van der Waals surface area contributed by atoms with Crippen molar-refractivity contribution in [1.82, 2.24) is 10.2 Å². The lowest BCUT2D eigenvalue weighted by Gasteiger charge is -2.36. The lowest BCUT2D eigenvalue weighted by molar-refractivity contribution is -0.882. The van der Waals surface area contributed by atoms with Crippen molar-refractivity contribution in [3.8, 4) is 5.75 Å². The summed E-state index contributed by atoms with van der Waals surface area (Å²) in [4.78, 5) is 30.0. The minimum atomic E-state index is -0.252. The smallest absolute Gasteiger partial charge is 0.277 e. The van der Waals surface area contributed by atoms with Crippen LogP contribution in [0.4, 0.5) is 5.69 Å². The van der Waals surface area contributed by atoms with E-state index >= 15 is 0 Å². The number of nitrogens with one attached hydrogen (secondary N) is 2. The summed E-state index contributed by atoms with van der Waals surface area (Å²) >= 11 is 0. The van der Waals surface area contributed by atoms with Gasteiger partial charge in [-0.25, -0.2) is 0 Å². The Balaban J connectivity index is 1.82. The van der Waals surface area contributed by atoms with Gasteiger partial charge in [0.2, 0.25) is 0 Å². The molecular formula is C21H35N4O3+. The molecule has 156 valence electrons. The van der Waals surface area contributed by atoms with Gasteiger partial charge in [0, 0.05) is 37.4 Å². The third kappa shape index (κ3) is 6.71. The lowest BCUT2D eigenvalue weighted by Crippen LogP contribution is -3.14. The van der Waals surface area contributed by atoms with Crippen molar-refractivity contribution in [2.45, 2.75) is 33.2 Å². The molecule has 7 nitrogen and oxygen atoms in total. The molecule has 1 aliphatic rings. The van der Waals surface area contributed by atoms with Gasteiger partial charge in [-0.3, -0.25) is 9.59 Å². The van der Waals surface area contributed by atoms with E-state index in [-0.39, 0.29) is 17.4 Å². The molecule has 1 unspecified atom stereocenters. The summed E-state index contributed by atoms with van der Waals surface area (Å²) in [6.45, 7) is 12.4. The van der Waals surface area contributed by atoms with Crippen molar-refractivity contribution >= 4 is 17.5 Å². The molecular weight excluding hydrogens is 356 g/mol. The van der Waals surface area contributed by atoms with Crippen molar-refractivity contribution in [2.24, 2.45) is 0 Å². The number of ether oxygens (including phenoxy) is 1. The molecule has 28 heavy (non-hydrogen) atoms. The Kier molecular flexibility index (Phi) is 7.69. The average Bonchev–Trinajstić information content (AvgIpc) is 2.66. The van der Waals surface area contributed by atoms with E-state index in [1.54, 1.807) is 7.11 Å². The zero-order valence-corrected chi connectivity index (χ0v) is 17.9. The molecule has 0 saturated carbocycles. The Morgan fingerprint density at radius 1 is 1.07 bits per heavy atom. The monoisotopic (exact) mass is 391 g/mol. The maximum atomic E-state index is 12.7. The Labute approximate surface area is 168 Å². The first-order chi connectivity index (χ1) is 13.2. The second-order valence-corrected chi connectivity index (χ2v) is 8.32. The zero-order chi connectivity index (χ0) is 20.7. The van der Waals surface area contributed by atoms with Crippen LogP contribution >= 0.6 is 0 Å². The molecule has 7 heteroatoms. The molecule has 1 saturated heterocycles. The number of piperazine rings is 1. The van der Waals surface area contributed by atoms with E-state index in [0.29, 0.717) is 26.2 Å². The molecule has 2 amide bonds. The highest BCUT2D eigenvalue weighted by Crippen LogP contribution is 2.20. The number of quaternary nitrogens is 1. The number of hydrogen-bond donors (Lipinski definition) is 2. The quantitative estimate of drug-likeness (QED) is 0.695. The predicted molar refractivity (Wildman–Crippen MR) is 111 cm³/mol. The highest BCUT2D eigenvalue weighted by Gasteiger charge is 2.26. The number of hydrogen-bond acceptors (Lipinski definition) is 4. The summed E-state index contributed by atoms with van der Waals surface area (Å²) in [5.41, 5.74) is 0.894. The van der Waals surface area contributed by atoms with Crippen molar-refractivity contribution in [2.75, 3.05) is 57.8 Å². The Hall–Kier alpha value is -2.28. The van der Waals surface area contributed by atoms with E-state index in [9.17, 15) is 9.59 Å². The molecule has 2 rings (SSSR count). The van der Waals surface area contributed by atoms with Gasteiger partial charge in [-0.15, -0.1) is 0 Å². The molecule has 0 bridgehead atoms. The van der Waals surface area contributed by atoms with E-state index in [0.717, 1.165) is 36.0 Å². The second-order valence-electron chi connectivity index (χ2n) is 8.32. The molecule has 0 spiro atoms. The van der Waals surface area contributed by atoms with Crippen LogP contribution in [-0.4, -0.2) is 75.2 Å². The van der Waals surface area contributed by atoms with Gasteiger partial charge in [-0.1, -0.05) is 0 Å². The third-order valence-electron chi connectivity index (χ3n) is 4.90. The highest BCUT2D eigenvalue weighted by atomic mass is 16.5. The van der Waals surface area contributed by atoms with Crippen molar-refractivity contribution in [1.29, 1.82) is 0 Å². The molecule has 0 aromatic heterocycles. The average molecular weight is 392 g/mol. The van der Waals surface area contributed by atoms with E-state index in [2.05, 4.69) is 10.2 Å². The van der Waals surface area contributed by atoms with Gasteiger partial charge in [-0.05, 0) is 52.0 Å². The van der Waals surface area contributed by atoms with Crippen LogP contribution in [0.3, 0.4) is 0 Å². The molecule has 1 atom stereocenters. The first kappa shape index (κ1) is 22.0. The number of rotatable bonds is 7. The predicted octanol–water partition coefficient (Wildman–Crippen LogP) is 0.163.